The molecule has 3 amide bonds. The van der Waals surface area contributed by atoms with Gasteiger partial charge in [0.1, 0.15) is 6.04 Å². The van der Waals surface area contributed by atoms with E-state index in [1.165, 1.54) is 4.80 Å². The van der Waals surface area contributed by atoms with Crippen LogP contribution in [0.25, 0.3) is 11.4 Å². The maximum absolute atomic E-state index is 12.1. The van der Waals surface area contributed by atoms with Crippen LogP contribution >= 0.6 is 0 Å². The van der Waals surface area contributed by atoms with Crippen molar-refractivity contribution in [3.63, 3.8) is 0 Å². The quantitative estimate of drug-likeness (QED) is 0.724. The monoisotopic (exact) mass is 331 g/mol. The third-order valence-electron chi connectivity index (χ3n) is 3.24. The number of urea groups is 1. The van der Waals surface area contributed by atoms with Crippen LogP contribution < -0.4 is 16.4 Å². The number of benzene rings is 1. The van der Waals surface area contributed by atoms with Gasteiger partial charge in [0.05, 0.1) is 7.05 Å². The zero-order valence-corrected chi connectivity index (χ0v) is 13.9. The van der Waals surface area contributed by atoms with Crippen molar-refractivity contribution in [3.8, 4) is 11.4 Å². The Balaban J connectivity index is 2.05. The fraction of sp³-hybridized carbons (Fsp3) is 0.400. The Bertz CT molecular complexity index is 726. The smallest absolute Gasteiger partial charge is 0.319 e. The number of hydrogen-bond acceptors (Lipinski definition) is 5. The molecule has 0 aliphatic rings. The number of nitrogens with zero attached hydrogens (tertiary/aromatic N) is 4. The van der Waals surface area contributed by atoms with Gasteiger partial charge in [-0.1, -0.05) is 26.0 Å². The van der Waals surface area contributed by atoms with E-state index in [1.54, 1.807) is 25.2 Å². The predicted octanol–water partition coefficient (Wildman–Crippen LogP) is 0.899. The molecular formula is C15H21N7O2. The Morgan fingerprint density at radius 2 is 2.08 bits per heavy atom. The van der Waals surface area contributed by atoms with Gasteiger partial charge in [-0.15, -0.1) is 10.2 Å². The first-order chi connectivity index (χ1) is 11.3. The molecule has 2 rings (SSSR count). The SMILES string of the molecule is CC(C)C[C@H](NC(=O)Nc1cccc(-c2nnn(C)n2)c1)C(N)=O. The van der Waals surface area contributed by atoms with E-state index < -0.39 is 18.0 Å². The number of anilines is 1. The normalized spacial score (nSPS) is 12.0. The zero-order chi connectivity index (χ0) is 17.7. The second kappa shape index (κ2) is 7.53. The Hall–Kier alpha value is -2.97. The van der Waals surface area contributed by atoms with E-state index in [9.17, 15) is 9.59 Å². The van der Waals surface area contributed by atoms with E-state index >= 15 is 0 Å². The highest BCUT2D eigenvalue weighted by Crippen LogP contribution is 2.18. The van der Waals surface area contributed by atoms with E-state index in [1.807, 2.05) is 19.9 Å². The lowest BCUT2D eigenvalue weighted by molar-refractivity contribution is -0.120. The minimum absolute atomic E-state index is 0.230. The summed E-state index contributed by atoms with van der Waals surface area (Å²) in [5.41, 5.74) is 6.59. The highest BCUT2D eigenvalue weighted by Gasteiger charge is 2.19. The zero-order valence-electron chi connectivity index (χ0n) is 13.9. The molecule has 24 heavy (non-hydrogen) atoms. The van der Waals surface area contributed by atoms with Crippen molar-refractivity contribution in [1.82, 2.24) is 25.5 Å². The molecule has 4 N–H and O–H groups in total. The topological polar surface area (TPSA) is 128 Å². The Labute approximate surface area is 139 Å². The number of amides is 3. The van der Waals surface area contributed by atoms with Crippen molar-refractivity contribution in [2.24, 2.45) is 18.7 Å². The number of carbonyl (C=O) groups is 2. The van der Waals surface area contributed by atoms with E-state index in [2.05, 4.69) is 26.0 Å². The third-order valence-corrected chi connectivity index (χ3v) is 3.24. The van der Waals surface area contributed by atoms with Gasteiger partial charge in [-0.25, -0.2) is 4.79 Å². The minimum atomic E-state index is -0.713. The molecule has 1 heterocycles. The van der Waals surface area contributed by atoms with Crippen molar-refractivity contribution >= 4 is 17.6 Å². The molecule has 0 unspecified atom stereocenters. The molecule has 0 radical (unpaired) electrons. The van der Waals surface area contributed by atoms with Crippen LogP contribution in [0.2, 0.25) is 0 Å². The molecule has 0 saturated heterocycles. The van der Waals surface area contributed by atoms with Crippen molar-refractivity contribution in [2.45, 2.75) is 26.3 Å². The number of aryl methyl sites for hydroxylation is 1. The summed E-state index contributed by atoms with van der Waals surface area (Å²) in [4.78, 5) is 24.9. The molecule has 0 aliphatic heterocycles. The lowest BCUT2D eigenvalue weighted by Crippen LogP contribution is -2.46. The number of rotatable bonds is 6. The lowest BCUT2D eigenvalue weighted by atomic mass is 10.0. The fourth-order valence-corrected chi connectivity index (χ4v) is 2.18. The van der Waals surface area contributed by atoms with Crippen molar-refractivity contribution < 1.29 is 9.59 Å². The summed E-state index contributed by atoms with van der Waals surface area (Å²) in [6.45, 7) is 3.90. The maximum Gasteiger partial charge on any atom is 0.319 e. The summed E-state index contributed by atoms with van der Waals surface area (Å²) in [6.07, 6.45) is 0.478. The van der Waals surface area contributed by atoms with Crippen LogP contribution in [0.5, 0.6) is 0 Å². The van der Waals surface area contributed by atoms with Crippen molar-refractivity contribution in [3.05, 3.63) is 24.3 Å². The number of hydrogen-bond donors (Lipinski definition) is 3. The summed E-state index contributed by atoms with van der Waals surface area (Å²) >= 11 is 0. The van der Waals surface area contributed by atoms with Gasteiger partial charge in [0.2, 0.25) is 11.7 Å². The van der Waals surface area contributed by atoms with E-state index in [0.29, 0.717) is 17.9 Å². The molecule has 1 aromatic heterocycles. The number of nitrogens with one attached hydrogen (secondary N) is 2. The Morgan fingerprint density at radius 1 is 1.33 bits per heavy atom. The molecule has 0 aliphatic carbocycles. The third kappa shape index (κ3) is 4.77. The minimum Gasteiger partial charge on any atom is -0.368 e. The van der Waals surface area contributed by atoms with Gasteiger partial charge < -0.3 is 16.4 Å². The van der Waals surface area contributed by atoms with Gasteiger partial charge in [-0.2, -0.15) is 4.80 Å². The maximum atomic E-state index is 12.1. The molecule has 9 heteroatoms. The van der Waals surface area contributed by atoms with Gasteiger partial charge in [0.25, 0.3) is 0 Å². The molecule has 1 atom stereocenters. The highest BCUT2D eigenvalue weighted by atomic mass is 16.2. The van der Waals surface area contributed by atoms with Gasteiger partial charge in [-0.3, -0.25) is 4.79 Å². The second-order valence-corrected chi connectivity index (χ2v) is 5.87. The number of carbonyl (C=O) groups excluding carboxylic acids is 2. The lowest BCUT2D eigenvalue weighted by Gasteiger charge is -2.17. The van der Waals surface area contributed by atoms with E-state index in [-0.39, 0.29) is 5.92 Å². The summed E-state index contributed by atoms with van der Waals surface area (Å²) in [5.74, 6) is 0.126. The van der Waals surface area contributed by atoms with Crippen LogP contribution in [0.15, 0.2) is 24.3 Å². The molecule has 2 aromatic rings. The summed E-state index contributed by atoms with van der Waals surface area (Å²) in [5, 5.41) is 17.1. The average molecular weight is 331 g/mol. The molecule has 0 spiro atoms. The first-order valence-electron chi connectivity index (χ1n) is 7.56. The number of aromatic nitrogens is 4. The second-order valence-electron chi connectivity index (χ2n) is 5.87. The van der Waals surface area contributed by atoms with Crippen molar-refractivity contribution in [2.75, 3.05) is 5.32 Å². The fourth-order valence-electron chi connectivity index (χ4n) is 2.18. The highest BCUT2D eigenvalue weighted by molar-refractivity contribution is 5.93. The molecule has 9 nitrogen and oxygen atoms in total. The van der Waals surface area contributed by atoms with Gasteiger partial charge in [0, 0.05) is 11.3 Å². The van der Waals surface area contributed by atoms with Gasteiger partial charge in [0.15, 0.2) is 0 Å². The molecule has 1 aromatic carbocycles. The Morgan fingerprint density at radius 3 is 2.67 bits per heavy atom. The largest absolute Gasteiger partial charge is 0.368 e. The van der Waals surface area contributed by atoms with Crippen molar-refractivity contribution in [1.29, 1.82) is 0 Å². The molecule has 0 bridgehead atoms. The Kier molecular flexibility index (Phi) is 5.46. The molecule has 128 valence electrons. The summed E-state index contributed by atoms with van der Waals surface area (Å²) in [7, 11) is 1.67. The molecule has 0 fully saturated rings. The summed E-state index contributed by atoms with van der Waals surface area (Å²) in [6, 6.07) is 5.81. The van der Waals surface area contributed by atoms with Crippen LogP contribution in [0.1, 0.15) is 20.3 Å². The first-order valence-corrected chi connectivity index (χ1v) is 7.56. The van der Waals surface area contributed by atoms with Gasteiger partial charge in [-0.05, 0) is 29.7 Å². The predicted molar refractivity (Wildman–Crippen MR) is 88.8 cm³/mol. The standard InChI is InChI=1S/C15H21N7O2/c1-9(2)7-12(13(16)23)18-15(24)17-11-6-4-5-10(8-11)14-19-21-22(3)20-14/h4-6,8-9,12H,7H2,1-3H3,(H2,16,23)(H2,17,18,24)/t12-/m0/s1. The van der Waals surface area contributed by atoms with Crippen LogP contribution in [0.4, 0.5) is 10.5 Å². The number of tetrazole rings is 1. The van der Waals surface area contributed by atoms with E-state index in [0.717, 1.165) is 5.56 Å². The average Bonchev–Trinajstić information content (AvgIpc) is 2.93. The summed E-state index contributed by atoms with van der Waals surface area (Å²) < 4.78 is 0. The van der Waals surface area contributed by atoms with Crippen LogP contribution in [-0.2, 0) is 11.8 Å². The van der Waals surface area contributed by atoms with Crippen LogP contribution in [0, 0.1) is 5.92 Å². The van der Waals surface area contributed by atoms with Gasteiger partial charge >= 0.3 is 6.03 Å². The number of nitrogens with two attached hydrogens (primary N) is 1. The van der Waals surface area contributed by atoms with Crippen LogP contribution in [-0.4, -0.2) is 38.2 Å². The first kappa shape index (κ1) is 17.4. The number of primary amides is 1. The van der Waals surface area contributed by atoms with E-state index in [4.69, 9.17) is 5.73 Å². The van der Waals surface area contributed by atoms with Crippen LogP contribution in [0.3, 0.4) is 0 Å². The molecule has 0 saturated carbocycles. The molecular weight excluding hydrogens is 310 g/mol.